The molecule has 0 bridgehead atoms. The van der Waals surface area contributed by atoms with Crippen molar-refractivity contribution in [1.29, 1.82) is 0 Å². The molecule has 0 spiro atoms. The number of phenols is 1. The first-order valence-corrected chi connectivity index (χ1v) is 9.08. The van der Waals surface area contributed by atoms with Crippen LogP contribution in [-0.4, -0.2) is 24.8 Å². The van der Waals surface area contributed by atoms with E-state index in [4.69, 9.17) is 0 Å². The van der Waals surface area contributed by atoms with Crippen LogP contribution in [0, 0.1) is 17.0 Å². The Bertz CT molecular complexity index is 955. The van der Waals surface area contributed by atoms with Crippen LogP contribution in [-0.2, 0) is 12.3 Å². The van der Waals surface area contributed by atoms with Gasteiger partial charge in [-0.2, -0.15) is 0 Å². The summed E-state index contributed by atoms with van der Waals surface area (Å²) in [6.45, 7) is 4.49. The fourth-order valence-electron chi connectivity index (χ4n) is 2.69. The number of nitro benzene ring substituents is 1. The number of aromatic hydroxyl groups is 1. The van der Waals surface area contributed by atoms with E-state index in [0.29, 0.717) is 34.4 Å². The highest BCUT2D eigenvalue weighted by Gasteiger charge is 2.18. The number of benzene rings is 2. The molecule has 0 unspecified atom stereocenters. The van der Waals surface area contributed by atoms with E-state index in [2.05, 4.69) is 10.2 Å². The molecule has 8 heteroatoms. The lowest BCUT2D eigenvalue weighted by atomic mass is 10.1. The predicted octanol–water partition coefficient (Wildman–Crippen LogP) is 4.18. The van der Waals surface area contributed by atoms with Crippen molar-refractivity contribution in [2.45, 2.75) is 31.3 Å². The monoisotopic (exact) mass is 370 g/mol. The summed E-state index contributed by atoms with van der Waals surface area (Å²) in [6, 6.07) is 12.0. The van der Waals surface area contributed by atoms with E-state index in [1.807, 2.05) is 30.5 Å². The second-order valence-corrected chi connectivity index (χ2v) is 6.69. The molecule has 0 aliphatic rings. The highest BCUT2D eigenvalue weighted by molar-refractivity contribution is 7.98. The molecular weight excluding hydrogens is 352 g/mol. The van der Waals surface area contributed by atoms with Crippen LogP contribution < -0.4 is 0 Å². The third kappa shape index (κ3) is 3.55. The number of phenolic OH excluding ortho intramolecular Hbond substituents is 1. The molecule has 1 aromatic heterocycles. The Kier molecular flexibility index (Phi) is 5.22. The molecule has 0 aliphatic carbocycles. The van der Waals surface area contributed by atoms with E-state index in [1.165, 1.54) is 17.8 Å². The summed E-state index contributed by atoms with van der Waals surface area (Å²) in [7, 11) is 0. The van der Waals surface area contributed by atoms with Gasteiger partial charge < -0.3 is 9.67 Å². The topological polar surface area (TPSA) is 94.1 Å². The van der Waals surface area contributed by atoms with Crippen molar-refractivity contribution in [3.63, 3.8) is 0 Å². The standard InChI is InChI=1S/C18H18N4O3S/c1-3-21-17(14-6-4-5-7-16(14)23)19-20-18(21)26-11-13-10-12(2)8-9-15(13)22(24)25/h4-10,23H,3,11H2,1-2H3. The van der Waals surface area contributed by atoms with Crippen LogP contribution in [0.3, 0.4) is 0 Å². The van der Waals surface area contributed by atoms with Gasteiger partial charge in [0, 0.05) is 23.9 Å². The van der Waals surface area contributed by atoms with Gasteiger partial charge in [0.05, 0.1) is 10.5 Å². The van der Waals surface area contributed by atoms with Crippen LogP contribution in [0.15, 0.2) is 47.6 Å². The lowest BCUT2D eigenvalue weighted by Crippen LogP contribution is -2.00. The van der Waals surface area contributed by atoms with Crippen LogP contribution in [0.5, 0.6) is 5.75 Å². The summed E-state index contributed by atoms with van der Waals surface area (Å²) in [4.78, 5) is 10.9. The fraction of sp³-hybridized carbons (Fsp3) is 0.222. The van der Waals surface area contributed by atoms with Crippen molar-refractivity contribution in [3.05, 3.63) is 63.7 Å². The van der Waals surface area contributed by atoms with Crippen molar-refractivity contribution in [1.82, 2.24) is 14.8 Å². The number of nitrogens with zero attached hydrogens (tertiary/aromatic N) is 4. The molecule has 7 nitrogen and oxygen atoms in total. The van der Waals surface area contributed by atoms with Gasteiger partial charge in [-0.1, -0.05) is 35.5 Å². The third-order valence-electron chi connectivity index (χ3n) is 3.97. The molecule has 3 rings (SSSR count). The highest BCUT2D eigenvalue weighted by Crippen LogP contribution is 2.32. The average Bonchev–Trinajstić information content (AvgIpc) is 3.02. The number of hydrogen-bond acceptors (Lipinski definition) is 6. The first kappa shape index (κ1) is 17.9. The highest BCUT2D eigenvalue weighted by atomic mass is 32.2. The van der Waals surface area contributed by atoms with E-state index in [9.17, 15) is 15.2 Å². The largest absolute Gasteiger partial charge is 0.507 e. The van der Waals surface area contributed by atoms with Crippen molar-refractivity contribution in [3.8, 4) is 17.1 Å². The number of thioether (sulfide) groups is 1. The zero-order valence-corrected chi connectivity index (χ0v) is 15.2. The maximum absolute atomic E-state index is 11.2. The van der Waals surface area contributed by atoms with E-state index >= 15 is 0 Å². The Hall–Kier alpha value is -2.87. The van der Waals surface area contributed by atoms with Crippen molar-refractivity contribution in [2.75, 3.05) is 0 Å². The summed E-state index contributed by atoms with van der Waals surface area (Å²) in [5.74, 6) is 1.13. The average molecular weight is 370 g/mol. The van der Waals surface area contributed by atoms with Crippen LogP contribution in [0.2, 0.25) is 0 Å². The lowest BCUT2D eigenvalue weighted by Gasteiger charge is -2.09. The van der Waals surface area contributed by atoms with E-state index < -0.39 is 0 Å². The minimum Gasteiger partial charge on any atom is -0.507 e. The lowest BCUT2D eigenvalue weighted by molar-refractivity contribution is -0.385. The molecule has 1 heterocycles. The van der Waals surface area contributed by atoms with Gasteiger partial charge >= 0.3 is 0 Å². The summed E-state index contributed by atoms with van der Waals surface area (Å²) in [5.41, 5.74) is 2.33. The Morgan fingerprint density at radius 2 is 2.00 bits per heavy atom. The molecule has 0 radical (unpaired) electrons. The normalized spacial score (nSPS) is 10.8. The SMILES string of the molecule is CCn1c(SCc2cc(C)ccc2[N+](=O)[O-])nnc1-c1ccccc1O. The minimum absolute atomic E-state index is 0.103. The summed E-state index contributed by atoms with van der Waals surface area (Å²) >= 11 is 1.39. The Morgan fingerprint density at radius 1 is 1.23 bits per heavy atom. The van der Waals surface area contributed by atoms with Crippen LogP contribution in [0.25, 0.3) is 11.4 Å². The third-order valence-corrected chi connectivity index (χ3v) is 4.98. The molecule has 1 N–H and O–H groups in total. The van der Waals surface area contributed by atoms with Gasteiger partial charge in [-0.25, -0.2) is 0 Å². The molecule has 0 amide bonds. The second-order valence-electron chi connectivity index (χ2n) is 5.75. The fourth-order valence-corrected chi connectivity index (χ4v) is 3.68. The van der Waals surface area contributed by atoms with Gasteiger partial charge in [-0.3, -0.25) is 10.1 Å². The number of para-hydroxylation sites is 1. The Morgan fingerprint density at radius 3 is 2.69 bits per heavy atom. The van der Waals surface area contributed by atoms with Crippen molar-refractivity contribution in [2.24, 2.45) is 0 Å². The number of aromatic nitrogens is 3. The molecule has 3 aromatic rings. The van der Waals surface area contributed by atoms with Gasteiger partial charge in [0.25, 0.3) is 5.69 Å². The molecule has 0 atom stereocenters. The number of hydrogen-bond donors (Lipinski definition) is 1. The molecular formula is C18H18N4O3S. The minimum atomic E-state index is -0.368. The predicted molar refractivity (Wildman–Crippen MR) is 100 cm³/mol. The zero-order valence-electron chi connectivity index (χ0n) is 14.4. The quantitative estimate of drug-likeness (QED) is 0.397. The molecule has 0 saturated carbocycles. The zero-order chi connectivity index (χ0) is 18.7. The summed E-state index contributed by atoms with van der Waals surface area (Å²) < 4.78 is 1.89. The second kappa shape index (κ2) is 7.57. The van der Waals surface area contributed by atoms with E-state index in [1.54, 1.807) is 24.3 Å². The number of rotatable bonds is 6. The van der Waals surface area contributed by atoms with E-state index in [0.717, 1.165) is 5.56 Å². The van der Waals surface area contributed by atoms with Gasteiger partial charge in [0.2, 0.25) is 0 Å². The van der Waals surface area contributed by atoms with Gasteiger partial charge in [-0.05, 0) is 32.0 Å². The molecule has 0 fully saturated rings. The number of nitro groups is 1. The number of aryl methyl sites for hydroxylation is 1. The van der Waals surface area contributed by atoms with Gasteiger partial charge in [0.1, 0.15) is 5.75 Å². The van der Waals surface area contributed by atoms with Gasteiger partial charge in [0.15, 0.2) is 11.0 Å². The first-order chi connectivity index (χ1) is 12.5. The maximum atomic E-state index is 11.2. The van der Waals surface area contributed by atoms with Crippen LogP contribution in [0.4, 0.5) is 5.69 Å². The molecule has 0 saturated heterocycles. The molecule has 26 heavy (non-hydrogen) atoms. The smallest absolute Gasteiger partial charge is 0.273 e. The van der Waals surface area contributed by atoms with E-state index in [-0.39, 0.29) is 16.4 Å². The summed E-state index contributed by atoms with van der Waals surface area (Å²) in [6.07, 6.45) is 0. The molecule has 134 valence electrons. The maximum Gasteiger partial charge on any atom is 0.273 e. The van der Waals surface area contributed by atoms with Crippen molar-refractivity contribution < 1.29 is 10.0 Å². The molecule has 2 aromatic carbocycles. The Balaban J connectivity index is 1.90. The van der Waals surface area contributed by atoms with Crippen LogP contribution in [0.1, 0.15) is 18.1 Å². The molecule has 0 aliphatic heterocycles. The van der Waals surface area contributed by atoms with Gasteiger partial charge in [-0.15, -0.1) is 10.2 Å². The Labute approximate surface area is 154 Å². The first-order valence-electron chi connectivity index (χ1n) is 8.09. The summed E-state index contributed by atoms with van der Waals surface area (Å²) in [5, 5.41) is 30.4. The van der Waals surface area contributed by atoms with Crippen molar-refractivity contribution >= 4 is 17.4 Å². The van der Waals surface area contributed by atoms with Crippen LogP contribution >= 0.6 is 11.8 Å².